The van der Waals surface area contributed by atoms with E-state index < -0.39 is 0 Å². The number of aromatic nitrogens is 1. The summed E-state index contributed by atoms with van der Waals surface area (Å²) in [6, 6.07) is 0. The van der Waals surface area contributed by atoms with Crippen molar-refractivity contribution in [2.45, 2.75) is 33.1 Å². The summed E-state index contributed by atoms with van der Waals surface area (Å²) in [5, 5.41) is 3.16. The van der Waals surface area contributed by atoms with E-state index in [4.69, 9.17) is 0 Å². The molecule has 70 valence electrons. The fraction of sp³-hybridized carbons (Fsp3) is 0.600. The zero-order chi connectivity index (χ0) is 9.47. The van der Waals surface area contributed by atoms with E-state index in [-0.39, 0.29) is 5.41 Å². The summed E-state index contributed by atoms with van der Waals surface area (Å²) in [5.41, 5.74) is 1.07. The predicted molar refractivity (Wildman–Crippen MR) is 52.9 cm³/mol. The minimum Gasteiger partial charge on any atom is -0.299 e. The monoisotopic (exact) mass is 195 g/mol. The number of thiazole rings is 1. The highest BCUT2D eigenvalue weighted by molar-refractivity contribution is 7.09. The Hall–Kier alpha value is -0.700. The average Bonchev–Trinajstić information content (AvgIpc) is 2.72. The first-order valence-corrected chi connectivity index (χ1v) is 5.42. The number of aryl methyl sites for hydroxylation is 1. The van der Waals surface area contributed by atoms with Crippen LogP contribution in [0.15, 0.2) is 5.38 Å². The zero-order valence-electron chi connectivity index (χ0n) is 7.96. The van der Waals surface area contributed by atoms with E-state index in [0.717, 1.165) is 30.0 Å². The number of nitrogens with zero attached hydrogens (tertiary/aromatic N) is 1. The van der Waals surface area contributed by atoms with Crippen molar-refractivity contribution >= 4 is 17.1 Å². The van der Waals surface area contributed by atoms with Gasteiger partial charge in [-0.05, 0) is 26.7 Å². The molecule has 2 rings (SSSR count). The molecule has 3 heteroatoms. The van der Waals surface area contributed by atoms with Gasteiger partial charge in [-0.25, -0.2) is 4.98 Å². The van der Waals surface area contributed by atoms with Crippen molar-refractivity contribution in [3.63, 3.8) is 0 Å². The van der Waals surface area contributed by atoms with Crippen LogP contribution >= 0.6 is 11.3 Å². The maximum Gasteiger partial charge on any atom is 0.136 e. The van der Waals surface area contributed by atoms with Crippen LogP contribution in [0.4, 0.5) is 0 Å². The minimum absolute atomic E-state index is 0.0273. The fourth-order valence-corrected chi connectivity index (χ4v) is 2.25. The molecule has 1 aliphatic carbocycles. The Bertz CT molecular complexity index is 338. The standard InChI is InChI=1S/C10H13NOS/c1-7(12)10(3-4-10)5-9-6-13-8(2)11-9/h6H,3-5H2,1-2H3. The molecule has 1 heterocycles. The molecule has 0 atom stereocenters. The van der Waals surface area contributed by atoms with Gasteiger partial charge >= 0.3 is 0 Å². The molecule has 0 spiro atoms. The molecule has 1 aliphatic rings. The Morgan fingerprint density at radius 3 is 2.77 bits per heavy atom. The number of hydrogen-bond acceptors (Lipinski definition) is 3. The second-order valence-corrected chi connectivity index (χ2v) is 4.93. The van der Waals surface area contributed by atoms with Crippen LogP contribution in [-0.2, 0) is 11.2 Å². The lowest BCUT2D eigenvalue weighted by Gasteiger charge is -2.07. The van der Waals surface area contributed by atoms with Crippen molar-refractivity contribution in [1.82, 2.24) is 4.98 Å². The Kier molecular flexibility index (Phi) is 1.99. The van der Waals surface area contributed by atoms with Gasteiger partial charge < -0.3 is 0 Å². The lowest BCUT2D eigenvalue weighted by molar-refractivity contribution is -0.121. The first-order chi connectivity index (χ1) is 6.12. The fourth-order valence-electron chi connectivity index (χ4n) is 1.64. The minimum atomic E-state index is -0.0273. The van der Waals surface area contributed by atoms with Gasteiger partial charge in [-0.1, -0.05) is 0 Å². The summed E-state index contributed by atoms with van der Waals surface area (Å²) in [5.74, 6) is 0.332. The molecular formula is C10H13NOS. The van der Waals surface area contributed by atoms with Crippen molar-refractivity contribution in [3.8, 4) is 0 Å². The second-order valence-electron chi connectivity index (χ2n) is 3.87. The summed E-state index contributed by atoms with van der Waals surface area (Å²) in [6.45, 7) is 3.70. The van der Waals surface area contributed by atoms with E-state index in [2.05, 4.69) is 10.4 Å². The van der Waals surface area contributed by atoms with Crippen LogP contribution in [0.5, 0.6) is 0 Å². The highest BCUT2D eigenvalue weighted by Crippen LogP contribution is 2.49. The van der Waals surface area contributed by atoms with Crippen molar-refractivity contribution < 1.29 is 4.79 Å². The molecule has 0 N–H and O–H groups in total. The van der Waals surface area contributed by atoms with Crippen molar-refractivity contribution in [2.24, 2.45) is 5.41 Å². The van der Waals surface area contributed by atoms with E-state index in [9.17, 15) is 4.79 Å². The summed E-state index contributed by atoms with van der Waals surface area (Å²) in [4.78, 5) is 15.7. The normalized spacial score (nSPS) is 18.6. The number of rotatable bonds is 3. The molecule has 1 aromatic rings. The summed E-state index contributed by atoms with van der Waals surface area (Å²) in [7, 11) is 0. The molecule has 1 saturated carbocycles. The van der Waals surface area contributed by atoms with Crippen LogP contribution in [0.2, 0.25) is 0 Å². The first-order valence-electron chi connectivity index (χ1n) is 4.54. The summed E-state index contributed by atoms with van der Waals surface area (Å²) in [6.07, 6.45) is 2.96. The van der Waals surface area contributed by atoms with Crippen molar-refractivity contribution in [1.29, 1.82) is 0 Å². The van der Waals surface area contributed by atoms with Gasteiger partial charge in [-0.2, -0.15) is 0 Å². The highest BCUT2D eigenvalue weighted by atomic mass is 32.1. The summed E-state index contributed by atoms with van der Waals surface area (Å²) >= 11 is 1.66. The quantitative estimate of drug-likeness (QED) is 0.741. The van der Waals surface area contributed by atoms with Crippen LogP contribution < -0.4 is 0 Å². The predicted octanol–water partition coefficient (Wildman–Crippen LogP) is 2.36. The third kappa shape index (κ3) is 1.66. The Balaban J connectivity index is 2.10. The molecule has 0 aliphatic heterocycles. The largest absolute Gasteiger partial charge is 0.299 e. The number of carbonyl (C=O) groups is 1. The molecule has 0 aromatic carbocycles. The number of ketones is 1. The third-order valence-corrected chi connectivity index (χ3v) is 3.61. The third-order valence-electron chi connectivity index (χ3n) is 2.79. The molecule has 0 amide bonds. The maximum atomic E-state index is 11.3. The molecule has 0 saturated heterocycles. The molecule has 2 nitrogen and oxygen atoms in total. The van der Waals surface area contributed by atoms with E-state index in [0.29, 0.717) is 5.78 Å². The van der Waals surface area contributed by atoms with Gasteiger partial charge in [0.15, 0.2) is 0 Å². The molecule has 0 bridgehead atoms. The van der Waals surface area contributed by atoms with Crippen LogP contribution in [0.1, 0.15) is 30.5 Å². The first kappa shape index (κ1) is 8.88. The van der Waals surface area contributed by atoms with E-state index >= 15 is 0 Å². The van der Waals surface area contributed by atoms with Gasteiger partial charge in [0.2, 0.25) is 0 Å². The second kappa shape index (κ2) is 2.91. The molecule has 13 heavy (non-hydrogen) atoms. The van der Waals surface area contributed by atoms with Gasteiger partial charge in [0.25, 0.3) is 0 Å². The smallest absolute Gasteiger partial charge is 0.136 e. The highest BCUT2D eigenvalue weighted by Gasteiger charge is 2.47. The van der Waals surface area contributed by atoms with E-state index in [1.54, 1.807) is 18.3 Å². The molecule has 1 fully saturated rings. The van der Waals surface area contributed by atoms with Crippen LogP contribution in [-0.4, -0.2) is 10.8 Å². The SMILES string of the molecule is CC(=O)C1(Cc2csc(C)n2)CC1. The molecular weight excluding hydrogens is 182 g/mol. The molecule has 1 aromatic heterocycles. The molecule has 0 radical (unpaired) electrons. The molecule has 0 unspecified atom stereocenters. The topological polar surface area (TPSA) is 30.0 Å². The number of hydrogen-bond donors (Lipinski definition) is 0. The van der Waals surface area contributed by atoms with E-state index in [1.165, 1.54) is 0 Å². The lowest BCUT2D eigenvalue weighted by atomic mass is 9.96. The van der Waals surface area contributed by atoms with Crippen molar-refractivity contribution in [2.75, 3.05) is 0 Å². The van der Waals surface area contributed by atoms with Crippen LogP contribution in [0.25, 0.3) is 0 Å². The Labute approximate surface area is 82.0 Å². The zero-order valence-corrected chi connectivity index (χ0v) is 8.78. The Morgan fingerprint density at radius 2 is 2.38 bits per heavy atom. The van der Waals surface area contributed by atoms with Gasteiger partial charge in [-0.3, -0.25) is 4.79 Å². The van der Waals surface area contributed by atoms with Gasteiger partial charge in [0.05, 0.1) is 10.7 Å². The summed E-state index contributed by atoms with van der Waals surface area (Å²) < 4.78 is 0. The maximum absolute atomic E-state index is 11.3. The van der Waals surface area contributed by atoms with Gasteiger partial charge in [0.1, 0.15) is 5.78 Å². The van der Waals surface area contributed by atoms with Crippen LogP contribution in [0, 0.1) is 12.3 Å². The number of carbonyl (C=O) groups excluding carboxylic acids is 1. The average molecular weight is 195 g/mol. The van der Waals surface area contributed by atoms with E-state index in [1.807, 2.05) is 6.92 Å². The van der Waals surface area contributed by atoms with Crippen molar-refractivity contribution in [3.05, 3.63) is 16.1 Å². The van der Waals surface area contributed by atoms with Gasteiger partial charge in [0, 0.05) is 17.2 Å². The number of Topliss-reactive ketones (excluding diaryl/α,β-unsaturated/α-hetero) is 1. The van der Waals surface area contributed by atoms with Crippen LogP contribution in [0.3, 0.4) is 0 Å². The lowest BCUT2D eigenvalue weighted by Crippen LogP contribution is -2.15. The van der Waals surface area contributed by atoms with Gasteiger partial charge in [-0.15, -0.1) is 11.3 Å². The Morgan fingerprint density at radius 1 is 1.69 bits per heavy atom.